The molecule has 0 spiro atoms. The lowest BCUT2D eigenvalue weighted by atomic mass is 9.97. The average molecular weight is 243 g/mol. The Kier molecular flexibility index (Phi) is 4.45. The zero-order valence-corrected chi connectivity index (χ0v) is 9.68. The van der Waals surface area contributed by atoms with E-state index in [0.29, 0.717) is 19.5 Å². The number of piperidine rings is 1. The average Bonchev–Trinajstić information content (AvgIpc) is 2.27. The molecule has 1 saturated heterocycles. The number of nitrogens with one attached hydrogen (secondary N) is 1. The van der Waals surface area contributed by atoms with Crippen molar-refractivity contribution in [3.8, 4) is 0 Å². The van der Waals surface area contributed by atoms with Crippen LogP contribution in [-0.2, 0) is 9.59 Å². The minimum Gasteiger partial charge on any atom is -0.481 e. The molecule has 1 heterocycles. The number of carboxylic acid groups (broad SMARTS) is 1. The van der Waals surface area contributed by atoms with E-state index in [1.165, 1.54) is 0 Å². The molecule has 0 aromatic rings. The molecular weight excluding hydrogens is 226 g/mol. The van der Waals surface area contributed by atoms with E-state index in [2.05, 4.69) is 0 Å². The van der Waals surface area contributed by atoms with Crippen LogP contribution in [0.15, 0.2) is 0 Å². The number of urea groups is 1. The van der Waals surface area contributed by atoms with Crippen molar-refractivity contribution < 1.29 is 19.5 Å². The molecule has 7 heteroatoms. The van der Waals surface area contributed by atoms with E-state index in [-0.39, 0.29) is 0 Å². The molecule has 7 nitrogen and oxygen atoms in total. The van der Waals surface area contributed by atoms with Crippen molar-refractivity contribution in [2.45, 2.75) is 25.8 Å². The first-order valence-corrected chi connectivity index (χ1v) is 5.49. The van der Waals surface area contributed by atoms with Crippen LogP contribution in [0.4, 0.5) is 4.79 Å². The van der Waals surface area contributed by atoms with Crippen molar-refractivity contribution >= 4 is 17.9 Å². The van der Waals surface area contributed by atoms with Crippen molar-refractivity contribution in [3.05, 3.63) is 0 Å². The molecule has 0 aromatic heterocycles. The molecule has 1 rings (SSSR count). The highest BCUT2D eigenvalue weighted by atomic mass is 16.4. The molecule has 17 heavy (non-hydrogen) atoms. The van der Waals surface area contributed by atoms with Crippen LogP contribution < -0.4 is 11.1 Å². The van der Waals surface area contributed by atoms with E-state index in [1.807, 2.05) is 5.32 Å². The first kappa shape index (κ1) is 13.4. The fourth-order valence-corrected chi connectivity index (χ4v) is 1.95. The normalized spacial score (nSPS) is 22.8. The molecule has 0 aromatic carbocycles. The smallest absolute Gasteiger partial charge is 0.318 e. The standard InChI is InChI=1S/C10H17N3O4/c1-6(8(14)12-10(11)17)13-4-2-3-7(5-13)9(15)16/h6-7H,2-5H2,1H3,(H,15,16)(H3,11,12,14,17). The first-order chi connectivity index (χ1) is 7.91. The van der Waals surface area contributed by atoms with E-state index >= 15 is 0 Å². The summed E-state index contributed by atoms with van der Waals surface area (Å²) >= 11 is 0. The predicted molar refractivity (Wildman–Crippen MR) is 59.1 cm³/mol. The number of likely N-dealkylation sites (tertiary alicyclic amines) is 1. The van der Waals surface area contributed by atoms with Crippen molar-refractivity contribution in [3.63, 3.8) is 0 Å². The van der Waals surface area contributed by atoms with Gasteiger partial charge in [-0.05, 0) is 26.3 Å². The maximum atomic E-state index is 11.5. The summed E-state index contributed by atoms with van der Waals surface area (Å²) in [5, 5.41) is 10.9. The van der Waals surface area contributed by atoms with Gasteiger partial charge in [0, 0.05) is 6.54 Å². The monoisotopic (exact) mass is 243 g/mol. The highest BCUT2D eigenvalue weighted by Crippen LogP contribution is 2.18. The van der Waals surface area contributed by atoms with Crippen LogP contribution >= 0.6 is 0 Å². The van der Waals surface area contributed by atoms with Gasteiger partial charge in [0.1, 0.15) is 0 Å². The lowest BCUT2D eigenvalue weighted by Gasteiger charge is -2.34. The molecule has 0 bridgehead atoms. The number of imide groups is 1. The van der Waals surface area contributed by atoms with E-state index in [0.717, 1.165) is 6.42 Å². The number of carboxylic acids is 1. The van der Waals surface area contributed by atoms with E-state index < -0.39 is 29.9 Å². The van der Waals surface area contributed by atoms with Gasteiger partial charge in [0.2, 0.25) is 5.91 Å². The summed E-state index contributed by atoms with van der Waals surface area (Å²) in [6, 6.07) is -1.45. The number of aliphatic carboxylic acids is 1. The number of carbonyl (C=O) groups is 3. The first-order valence-electron chi connectivity index (χ1n) is 5.49. The number of hydrogen-bond acceptors (Lipinski definition) is 4. The number of carbonyl (C=O) groups excluding carboxylic acids is 2. The summed E-state index contributed by atoms with van der Waals surface area (Å²) in [5.74, 6) is -1.80. The highest BCUT2D eigenvalue weighted by molar-refractivity contribution is 5.96. The van der Waals surface area contributed by atoms with Gasteiger partial charge in [-0.3, -0.25) is 19.8 Å². The summed E-state index contributed by atoms with van der Waals surface area (Å²) in [7, 11) is 0. The second kappa shape index (κ2) is 5.62. The second-order valence-electron chi connectivity index (χ2n) is 4.20. The molecule has 3 amide bonds. The third-order valence-electron chi connectivity index (χ3n) is 2.98. The summed E-state index contributed by atoms with van der Waals surface area (Å²) in [6.07, 6.45) is 1.35. The maximum absolute atomic E-state index is 11.5. The molecule has 0 radical (unpaired) electrons. The van der Waals surface area contributed by atoms with E-state index in [4.69, 9.17) is 10.8 Å². The lowest BCUT2D eigenvalue weighted by molar-refractivity contribution is -0.144. The van der Waals surface area contributed by atoms with Crippen LogP contribution in [0.2, 0.25) is 0 Å². The topological polar surface area (TPSA) is 113 Å². The van der Waals surface area contributed by atoms with Crippen molar-refractivity contribution in [2.75, 3.05) is 13.1 Å². The SMILES string of the molecule is CC(C(=O)NC(N)=O)N1CCCC(C(=O)O)C1. The fourth-order valence-electron chi connectivity index (χ4n) is 1.95. The fraction of sp³-hybridized carbons (Fsp3) is 0.700. The van der Waals surface area contributed by atoms with E-state index in [9.17, 15) is 14.4 Å². The Morgan fingerprint density at radius 3 is 2.65 bits per heavy atom. The third kappa shape index (κ3) is 3.70. The Labute approximate surface area is 98.9 Å². The molecule has 1 fully saturated rings. The molecular formula is C10H17N3O4. The van der Waals surface area contributed by atoms with Crippen molar-refractivity contribution in [1.29, 1.82) is 0 Å². The van der Waals surface area contributed by atoms with Crippen molar-refractivity contribution in [1.82, 2.24) is 10.2 Å². The molecule has 4 N–H and O–H groups in total. The van der Waals surface area contributed by atoms with Gasteiger partial charge < -0.3 is 10.8 Å². The van der Waals surface area contributed by atoms with Gasteiger partial charge in [0.25, 0.3) is 0 Å². The molecule has 96 valence electrons. The highest BCUT2D eigenvalue weighted by Gasteiger charge is 2.30. The molecule has 0 aliphatic carbocycles. The van der Waals surface area contributed by atoms with Crippen LogP contribution in [0.5, 0.6) is 0 Å². The molecule has 2 atom stereocenters. The lowest BCUT2D eigenvalue weighted by Crippen LogP contribution is -2.52. The third-order valence-corrected chi connectivity index (χ3v) is 2.98. The number of amides is 3. The van der Waals surface area contributed by atoms with Crippen LogP contribution in [-0.4, -0.2) is 47.0 Å². The molecule has 0 saturated carbocycles. The Bertz CT molecular complexity index is 332. The van der Waals surface area contributed by atoms with Crippen LogP contribution in [0.1, 0.15) is 19.8 Å². The summed E-state index contributed by atoms with van der Waals surface area (Å²) in [4.78, 5) is 34.7. The molecule has 1 aliphatic rings. The minimum atomic E-state index is -0.895. The zero-order chi connectivity index (χ0) is 13.0. The Morgan fingerprint density at radius 1 is 1.47 bits per heavy atom. The quantitative estimate of drug-likeness (QED) is 0.610. The predicted octanol–water partition coefficient (Wildman–Crippen LogP) is -0.634. The second-order valence-corrected chi connectivity index (χ2v) is 4.20. The summed E-state index contributed by atoms with van der Waals surface area (Å²) in [6.45, 7) is 2.60. The van der Waals surface area contributed by atoms with Crippen molar-refractivity contribution in [2.24, 2.45) is 11.7 Å². The molecule has 2 unspecified atom stereocenters. The minimum absolute atomic E-state index is 0.322. The van der Waals surface area contributed by atoms with E-state index in [1.54, 1.807) is 11.8 Å². The van der Waals surface area contributed by atoms with Gasteiger partial charge in [-0.25, -0.2) is 4.79 Å². The molecule has 1 aliphatic heterocycles. The summed E-state index contributed by atoms with van der Waals surface area (Å²) in [5.41, 5.74) is 4.85. The largest absolute Gasteiger partial charge is 0.481 e. The Hall–Kier alpha value is -1.63. The maximum Gasteiger partial charge on any atom is 0.318 e. The number of nitrogens with zero attached hydrogens (tertiary/aromatic N) is 1. The van der Waals surface area contributed by atoms with Crippen LogP contribution in [0.25, 0.3) is 0 Å². The zero-order valence-electron chi connectivity index (χ0n) is 9.68. The number of rotatable bonds is 3. The number of hydrogen-bond donors (Lipinski definition) is 3. The number of nitrogens with two attached hydrogens (primary N) is 1. The summed E-state index contributed by atoms with van der Waals surface area (Å²) < 4.78 is 0. The van der Waals surface area contributed by atoms with Crippen LogP contribution in [0, 0.1) is 5.92 Å². The Balaban J connectivity index is 2.56. The van der Waals surface area contributed by atoms with Crippen LogP contribution in [0.3, 0.4) is 0 Å². The van der Waals surface area contributed by atoms with Gasteiger partial charge in [-0.1, -0.05) is 0 Å². The van der Waals surface area contributed by atoms with Gasteiger partial charge >= 0.3 is 12.0 Å². The van der Waals surface area contributed by atoms with Gasteiger partial charge in [0.05, 0.1) is 12.0 Å². The number of primary amides is 1. The Morgan fingerprint density at radius 2 is 2.12 bits per heavy atom. The van der Waals surface area contributed by atoms with Gasteiger partial charge in [-0.2, -0.15) is 0 Å². The van der Waals surface area contributed by atoms with Gasteiger partial charge in [0.15, 0.2) is 0 Å². The van der Waals surface area contributed by atoms with Gasteiger partial charge in [-0.15, -0.1) is 0 Å².